The zero-order chi connectivity index (χ0) is 18.6. The first kappa shape index (κ1) is 19.0. The second-order valence-electron chi connectivity index (χ2n) is 5.74. The van der Waals surface area contributed by atoms with Gasteiger partial charge in [-0.05, 0) is 41.6 Å². The van der Waals surface area contributed by atoms with Gasteiger partial charge in [0, 0.05) is 5.69 Å². The summed E-state index contributed by atoms with van der Waals surface area (Å²) in [6.45, 7) is 3.54. The number of hydrogen-bond acceptors (Lipinski definition) is 3. The van der Waals surface area contributed by atoms with E-state index >= 15 is 0 Å². The van der Waals surface area contributed by atoms with Crippen LogP contribution >= 0.6 is 11.3 Å². The van der Waals surface area contributed by atoms with Gasteiger partial charge in [-0.15, -0.1) is 11.3 Å². The lowest BCUT2D eigenvalue weighted by atomic mass is 10.0. The number of rotatable bonds is 5. The molecule has 2 aromatic rings. The summed E-state index contributed by atoms with van der Waals surface area (Å²) in [7, 11) is 0. The van der Waals surface area contributed by atoms with Crippen molar-refractivity contribution in [1.29, 1.82) is 0 Å². The van der Waals surface area contributed by atoms with Crippen molar-refractivity contribution < 1.29 is 22.8 Å². The SMILES string of the molecule is CC(C)C(NC(=O)c1cccs1)C(=O)Nc1ccc(C(F)(F)F)cc1. The summed E-state index contributed by atoms with van der Waals surface area (Å²) >= 11 is 1.25. The van der Waals surface area contributed by atoms with E-state index in [-0.39, 0.29) is 17.5 Å². The number of hydrogen-bond donors (Lipinski definition) is 2. The number of halogens is 3. The molecule has 0 radical (unpaired) electrons. The average Bonchev–Trinajstić information content (AvgIpc) is 3.06. The van der Waals surface area contributed by atoms with Crippen LogP contribution in [0.4, 0.5) is 18.9 Å². The summed E-state index contributed by atoms with van der Waals surface area (Å²) in [6.07, 6.45) is -4.43. The van der Waals surface area contributed by atoms with E-state index in [1.807, 2.05) is 0 Å². The Morgan fingerprint density at radius 1 is 1.08 bits per heavy atom. The van der Waals surface area contributed by atoms with Crippen LogP contribution in [-0.2, 0) is 11.0 Å². The highest BCUT2D eigenvalue weighted by molar-refractivity contribution is 7.12. The maximum absolute atomic E-state index is 12.6. The molecule has 8 heteroatoms. The summed E-state index contributed by atoms with van der Waals surface area (Å²) in [5, 5.41) is 6.94. The number of anilines is 1. The normalized spacial score (nSPS) is 12.7. The summed E-state index contributed by atoms with van der Waals surface area (Å²) in [6, 6.07) is 6.71. The predicted octanol–water partition coefficient (Wildman–Crippen LogP) is 4.16. The quantitative estimate of drug-likeness (QED) is 0.830. The van der Waals surface area contributed by atoms with Crippen LogP contribution in [0.2, 0.25) is 0 Å². The lowest BCUT2D eigenvalue weighted by molar-refractivity contribution is -0.137. The fourth-order valence-corrected chi connectivity index (χ4v) is 2.74. The van der Waals surface area contributed by atoms with Gasteiger partial charge in [0.15, 0.2) is 0 Å². The Bertz CT molecular complexity index is 725. The van der Waals surface area contributed by atoms with Crippen molar-refractivity contribution >= 4 is 28.8 Å². The Kier molecular flexibility index (Phi) is 5.84. The fraction of sp³-hybridized carbons (Fsp3) is 0.294. The van der Waals surface area contributed by atoms with Crippen molar-refractivity contribution in [2.45, 2.75) is 26.1 Å². The van der Waals surface area contributed by atoms with E-state index in [1.165, 1.54) is 23.5 Å². The zero-order valence-electron chi connectivity index (χ0n) is 13.6. The van der Waals surface area contributed by atoms with Crippen LogP contribution < -0.4 is 10.6 Å². The molecule has 0 saturated heterocycles. The maximum Gasteiger partial charge on any atom is 0.416 e. The summed E-state index contributed by atoms with van der Waals surface area (Å²) in [5.74, 6) is -1.05. The second-order valence-corrected chi connectivity index (χ2v) is 6.68. The van der Waals surface area contributed by atoms with E-state index in [0.717, 1.165) is 12.1 Å². The molecule has 1 atom stereocenters. The molecule has 2 N–H and O–H groups in total. The molecular formula is C17H17F3N2O2S. The first-order valence-corrected chi connectivity index (χ1v) is 8.39. The standard InChI is InChI=1S/C17H17F3N2O2S/c1-10(2)14(22-15(23)13-4-3-9-25-13)16(24)21-12-7-5-11(6-8-12)17(18,19)20/h3-10,14H,1-2H3,(H,21,24)(H,22,23). The lowest BCUT2D eigenvalue weighted by Gasteiger charge is -2.21. The largest absolute Gasteiger partial charge is 0.416 e. The van der Waals surface area contributed by atoms with E-state index in [4.69, 9.17) is 0 Å². The van der Waals surface area contributed by atoms with Gasteiger partial charge < -0.3 is 10.6 Å². The number of benzene rings is 1. The van der Waals surface area contributed by atoms with Gasteiger partial charge in [-0.1, -0.05) is 19.9 Å². The van der Waals surface area contributed by atoms with Crippen LogP contribution in [0, 0.1) is 5.92 Å². The van der Waals surface area contributed by atoms with Crippen LogP contribution in [0.5, 0.6) is 0 Å². The number of nitrogens with one attached hydrogen (secondary N) is 2. The molecule has 0 aliphatic carbocycles. The fourth-order valence-electron chi connectivity index (χ4n) is 2.12. The van der Waals surface area contributed by atoms with Crippen LogP contribution in [0.15, 0.2) is 41.8 Å². The molecule has 0 spiro atoms. The maximum atomic E-state index is 12.6. The van der Waals surface area contributed by atoms with E-state index < -0.39 is 23.7 Å². The minimum absolute atomic E-state index is 0.196. The number of thiophene rings is 1. The molecule has 0 aliphatic rings. The Balaban J connectivity index is 2.06. The molecule has 1 aromatic heterocycles. The van der Waals surface area contributed by atoms with Crippen molar-refractivity contribution in [3.8, 4) is 0 Å². The third-order valence-electron chi connectivity index (χ3n) is 3.46. The second kappa shape index (κ2) is 7.69. The molecular weight excluding hydrogens is 353 g/mol. The van der Waals surface area contributed by atoms with Crippen LogP contribution in [-0.4, -0.2) is 17.9 Å². The minimum atomic E-state index is -4.43. The minimum Gasteiger partial charge on any atom is -0.339 e. The van der Waals surface area contributed by atoms with Gasteiger partial charge in [0.2, 0.25) is 5.91 Å². The smallest absolute Gasteiger partial charge is 0.339 e. The average molecular weight is 370 g/mol. The van der Waals surface area contributed by atoms with Gasteiger partial charge in [-0.2, -0.15) is 13.2 Å². The molecule has 0 bridgehead atoms. The molecule has 0 saturated carbocycles. The molecule has 25 heavy (non-hydrogen) atoms. The number of alkyl halides is 3. The highest BCUT2D eigenvalue weighted by atomic mass is 32.1. The molecule has 0 aliphatic heterocycles. The highest BCUT2D eigenvalue weighted by Crippen LogP contribution is 2.29. The molecule has 2 rings (SSSR count). The first-order valence-electron chi connectivity index (χ1n) is 7.51. The third kappa shape index (κ3) is 5.06. The number of amides is 2. The molecule has 134 valence electrons. The summed E-state index contributed by atoms with van der Waals surface area (Å²) < 4.78 is 37.7. The molecule has 1 aromatic carbocycles. The van der Waals surface area contributed by atoms with Gasteiger partial charge in [-0.25, -0.2) is 0 Å². The Labute approximate surface area is 147 Å². The summed E-state index contributed by atoms with van der Waals surface area (Å²) in [4.78, 5) is 25.0. The topological polar surface area (TPSA) is 58.2 Å². The van der Waals surface area contributed by atoms with Crippen molar-refractivity contribution in [3.63, 3.8) is 0 Å². The molecule has 2 amide bonds. The van der Waals surface area contributed by atoms with Gasteiger partial charge in [0.1, 0.15) is 6.04 Å². The zero-order valence-corrected chi connectivity index (χ0v) is 14.4. The van der Waals surface area contributed by atoms with E-state index in [9.17, 15) is 22.8 Å². The van der Waals surface area contributed by atoms with Crippen LogP contribution in [0.25, 0.3) is 0 Å². The molecule has 4 nitrogen and oxygen atoms in total. The molecule has 1 unspecified atom stereocenters. The monoisotopic (exact) mass is 370 g/mol. The van der Waals surface area contributed by atoms with Gasteiger partial charge in [0.05, 0.1) is 10.4 Å². The van der Waals surface area contributed by atoms with Crippen molar-refractivity contribution in [1.82, 2.24) is 5.32 Å². The van der Waals surface area contributed by atoms with E-state index in [2.05, 4.69) is 10.6 Å². The summed E-state index contributed by atoms with van der Waals surface area (Å²) in [5.41, 5.74) is -0.564. The third-order valence-corrected chi connectivity index (χ3v) is 4.33. The van der Waals surface area contributed by atoms with E-state index in [1.54, 1.807) is 31.4 Å². The molecule has 0 fully saturated rings. The first-order chi connectivity index (χ1) is 11.7. The molecule has 1 heterocycles. The van der Waals surface area contributed by atoms with Crippen LogP contribution in [0.3, 0.4) is 0 Å². The number of carbonyl (C=O) groups is 2. The number of carbonyl (C=O) groups excluding carboxylic acids is 2. The Hall–Kier alpha value is -2.35. The highest BCUT2D eigenvalue weighted by Gasteiger charge is 2.30. The van der Waals surface area contributed by atoms with E-state index in [0.29, 0.717) is 4.88 Å². The van der Waals surface area contributed by atoms with Gasteiger partial charge in [0.25, 0.3) is 5.91 Å². The van der Waals surface area contributed by atoms with Crippen molar-refractivity contribution in [2.24, 2.45) is 5.92 Å². The lowest BCUT2D eigenvalue weighted by Crippen LogP contribution is -2.46. The van der Waals surface area contributed by atoms with Gasteiger partial charge >= 0.3 is 6.18 Å². The van der Waals surface area contributed by atoms with Gasteiger partial charge in [-0.3, -0.25) is 9.59 Å². The van der Waals surface area contributed by atoms with Crippen molar-refractivity contribution in [2.75, 3.05) is 5.32 Å². The van der Waals surface area contributed by atoms with Crippen molar-refractivity contribution in [3.05, 3.63) is 52.2 Å². The Morgan fingerprint density at radius 3 is 2.20 bits per heavy atom. The van der Waals surface area contributed by atoms with Crippen LogP contribution in [0.1, 0.15) is 29.1 Å². The predicted molar refractivity (Wildman–Crippen MR) is 90.5 cm³/mol. The Morgan fingerprint density at radius 2 is 1.72 bits per heavy atom.